The molecule has 0 saturated heterocycles. The van der Waals surface area contributed by atoms with Gasteiger partial charge in [-0.15, -0.1) is 0 Å². The molecule has 0 bridgehead atoms. The fraction of sp³-hybridized carbons (Fsp3) is 0. The minimum atomic E-state index is -0.939. The van der Waals surface area contributed by atoms with Crippen LogP contribution in [0.3, 0.4) is 0 Å². The molecule has 102 valence electrons. The summed E-state index contributed by atoms with van der Waals surface area (Å²) in [7, 11) is 0. The van der Waals surface area contributed by atoms with Gasteiger partial charge in [-0.25, -0.2) is 4.79 Å². The highest BCUT2D eigenvalue weighted by atomic mass is 16.4. The normalized spacial score (nSPS) is 11.2. The maximum atomic E-state index is 10.6. The van der Waals surface area contributed by atoms with Crippen molar-refractivity contribution in [3.8, 4) is 0 Å². The van der Waals surface area contributed by atoms with Gasteiger partial charge in [-0.2, -0.15) is 0 Å². The quantitative estimate of drug-likeness (QED) is 0.553. The van der Waals surface area contributed by atoms with Crippen LogP contribution in [0.1, 0.15) is 11.1 Å². The molecule has 2 nitrogen and oxygen atoms in total. The summed E-state index contributed by atoms with van der Waals surface area (Å²) in [5, 5.41) is 13.3. The molecule has 0 aliphatic heterocycles. The van der Waals surface area contributed by atoms with Crippen LogP contribution in [0.2, 0.25) is 0 Å². The number of aliphatic carboxylic acids is 1. The van der Waals surface area contributed by atoms with Gasteiger partial charge in [0.15, 0.2) is 0 Å². The molecule has 3 rings (SSSR count). The summed E-state index contributed by atoms with van der Waals surface area (Å²) in [5.74, 6) is -0.939. The molecule has 0 aromatic heterocycles. The van der Waals surface area contributed by atoms with Crippen molar-refractivity contribution in [3.05, 3.63) is 72.3 Å². The molecule has 0 radical (unpaired) electrons. The number of fused-ring (bicyclic) bond motifs is 2. The largest absolute Gasteiger partial charge is 0.478 e. The molecule has 0 heterocycles. The number of rotatable bonds is 3. The summed E-state index contributed by atoms with van der Waals surface area (Å²) in [6.07, 6.45) is 4.59. The highest BCUT2D eigenvalue weighted by Gasteiger charge is 2.00. The van der Waals surface area contributed by atoms with E-state index in [0.717, 1.165) is 33.4 Å². The molecule has 0 aliphatic rings. The standard InChI is InChI=1S/C19H14O2/c1-2-13-3-6-15-12-18-10-14(5-8-19(20)21)4-7-16(18)11-17(15)9-13/h2-12H,1H2,(H,20,21). The van der Waals surface area contributed by atoms with Crippen molar-refractivity contribution >= 4 is 39.7 Å². The first-order chi connectivity index (χ1) is 10.2. The summed E-state index contributed by atoms with van der Waals surface area (Å²) in [4.78, 5) is 10.6. The Balaban J connectivity index is 2.15. The zero-order valence-electron chi connectivity index (χ0n) is 11.4. The zero-order valence-corrected chi connectivity index (χ0v) is 11.4. The fourth-order valence-corrected chi connectivity index (χ4v) is 2.43. The lowest BCUT2D eigenvalue weighted by Crippen LogP contribution is -1.85. The molecule has 0 spiro atoms. The average molecular weight is 274 g/mol. The molecule has 3 aromatic carbocycles. The number of carbonyl (C=O) groups is 1. The van der Waals surface area contributed by atoms with Gasteiger partial charge in [0.2, 0.25) is 0 Å². The molecular formula is C19H14O2. The van der Waals surface area contributed by atoms with Crippen molar-refractivity contribution in [2.24, 2.45) is 0 Å². The Labute approximate surface area is 122 Å². The van der Waals surface area contributed by atoms with Crippen molar-refractivity contribution in [2.75, 3.05) is 0 Å². The molecule has 21 heavy (non-hydrogen) atoms. The Morgan fingerprint density at radius 1 is 0.857 bits per heavy atom. The second kappa shape index (κ2) is 5.25. The van der Waals surface area contributed by atoms with Crippen LogP contribution in [-0.4, -0.2) is 11.1 Å². The second-order valence-corrected chi connectivity index (χ2v) is 4.94. The molecule has 1 N–H and O–H groups in total. The predicted octanol–water partition coefficient (Wildman–Crippen LogP) is 4.73. The summed E-state index contributed by atoms with van der Waals surface area (Å²) >= 11 is 0. The van der Waals surface area contributed by atoms with Gasteiger partial charge in [0.1, 0.15) is 0 Å². The van der Waals surface area contributed by atoms with Crippen LogP contribution in [0, 0.1) is 0 Å². The zero-order chi connectivity index (χ0) is 14.8. The van der Waals surface area contributed by atoms with Gasteiger partial charge in [-0.3, -0.25) is 0 Å². The number of hydrogen-bond donors (Lipinski definition) is 1. The minimum Gasteiger partial charge on any atom is -0.478 e. The molecule has 0 saturated carbocycles. The second-order valence-electron chi connectivity index (χ2n) is 4.94. The first-order valence-corrected chi connectivity index (χ1v) is 6.67. The Morgan fingerprint density at radius 3 is 2.00 bits per heavy atom. The Kier molecular flexibility index (Phi) is 3.28. The molecule has 3 aromatic rings. The van der Waals surface area contributed by atoms with Gasteiger partial charge < -0.3 is 5.11 Å². The van der Waals surface area contributed by atoms with Crippen molar-refractivity contribution in [1.82, 2.24) is 0 Å². The lowest BCUT2D eigenvalue weighted by Gasteiger charge is -2.05. The molecule has 0 aliphatic carbocycles. The van der Waals surface area contributed by atoms with Crippen molar-refractivity contribution in [1.29, 1.82) is 0 Å². The van der Waals surface area contributed by atoms with E-state index in [0.29, 0.717) is 0 Å². The van der Waals surface area contributed by atoms with Crippen LogP contribution in [0.5, 0.6) is 0 Å². The van der Waals surface area contributed by atoms with E-state index in [1.807, 2.05) is 30.3 Å². The number of carboxylic acid groups (broad SMARTS) is 1. The van der Waals surface area contributed by atoms with E-state index in [2.05, 4.69) is 30.8 Å². The van der Waals surface area contributed by atoms with E-state index in [1.54, 1.807) is 6.08 Å². The van der Waals surface area contributed by atoms with Gasteiger partial charge in [0, 0.05) is 6.08 Å². The van der Waals surface area contributed by atoms with E-state index in [9.17, 15) is 4.79 Å². The molecule has 0 unspecified atom stereocenters. The minimum absolute atomic E-state index is 0.881. The van der Waals surface area contributed by atoms with Gasteiger partial charge >= 0.3 is 5.97 Å². The van der Waals surface area contributed by atoms with E-state index in [1.165, 1.54) is 5.39 Å². The first-order valence-electron chi connectivity index (χ1n) is 6.67. The highest BCUT2D eigenvalue weighted by molar-refractivity contribution is 5.99. The topological polar surface area (TPSA) is 37.3 Å². The third-order valence-corrected chi connectivity index (χ3v) is 3.50. The summed E-state index contributed by atoms with van der Waals surface area (Å²) < 4.78 is 0. The number of hydrogen-bond acceptors (Lipinski definition) is 1. The summed E-state index contributed by atoms with van der Waals surface area (Å²) in [5.41, 5.74) is 1.98. The Morgan fingerprint density at radius 2 is 1.43 bits per heavy atom. The van der Waals surface area contributed by atoms with Crippen LogP contribution in [0.25, 0.3) is 33.7 Å². The molecule has 0 fully saturated rings. The predicted molar refractivity (Wildman–Crippen MR) is 88.2 cm³/mol. The first kappa shape index (κ1) is 13.1. The Bertz CT molecular complexity index is 889. The van der Waals surface area contributed by atoms with E-state index < -0.39 is 5.97 Å². The van der Waals surface area contributed by atoms with Crippen LogP contribution >= 0.6 is 0 Å². The Hall–Kier alpha value is -2.87. The molecular weight excluding hydrogens is 260 g/mol. The number of carboxylic acids is 1. The van der Waals surface area contributed by atoms with Gasteiger partial charge in [0.25, 0.3) is 0 Å². The van der Waals surface area contributed by atoms with Crippen LogP contribution < -0.4 is 0 Å². The third kappa shape index (κ3) is 2.70. The monoisotopic (exact) mass is 274 g/mol. The van der Waals surface area contributed by atoms with Gasteiger partial charge in [0.05, 0.1) is 0 Å². The van der Waals surface area contributed by atoms with E-state index in [4.69, 9.17) is 5.11 Å². The SMILES string of the molecule is C=Cc1ccc2cc3cc(C=CC(=O)O)ccc3cc2c1. The van der Waals surface area contributed by atoms with Crippen molar-refractivity contribution in [2.45, 2.75) is 0 Å². The van der Waals surface area contributed by atoms with Gasteiger partial charge in [-0.1, -0.05) is 36.9 Å². The lowest BCUT2D eigenvalue weighted by atomic mass is 10.00. The lowest BCUT2D eigenvalue weighted by molar-refractivity contribution is -0.131. The van der Waals surface area contributed by atoms with E-state index >= 15 is 0 Å². The van der Waals surface area contributed by atoms with Gasteiger partial charge in [-0.05, 0) is 63.0 Å². The smallest absolute Gasteiger partial charge is 0.328 e. The number of benzene rings is 3. The summed E-state index contributed by atoms with van der Waals surface area (Å²) in [6.45, 7) is 3.79. The maximum absolute atomic E-state index is 10.6. The van der Waals surface area contributed by atoms with Crippen LogP contribution in [0.4, 0.5) is 0 Å². The van der Waals surface area contributed by atoms with Crippen molar-refractivity contribution in [3.63, 3.8) is 0 Å². The highest BCUT2D eigenvalue weighted by Crippen LogP contribution is 2.25. The third-order valence-electron chi connectivity index (χ3n) is 3.50. The average Bonchev–Trinajstić information content (AvgIpc) is 2.50. The van der Waals surface area contributed by atoms with Crippen LogP contribution in [0.15, 0.2) is 61.2 Å². The van der Waals surface area contributed by atoms with Crippen molar-refractivity contribution < 1.29 is 9.90 Å². The molecule has 0 amide bonds. The maximum Gasteiger partial charge on any atom is 0.328 e. The van der Waals surface area contributed by atoms with E-state index in [-0.39, 0.29) is 0 Å². The fourth-order valence-electron chi connectivity index (χ4n) is 2.43. The molecule has 0 atom stereocenters. The van der Waals surface area contributed by atoms with Crippen LogP contribution in [-0.2, 0) is 4.79 Å². The summed E-state index contributed by atoms with van der Waals surface area (Å²) in [6, 6.07) is 16.4. The molecule has 2 heteroatoms.